The number of imidazole rings is 1. The van der Waals surface area contributed by atoms with Crippen LogP contribution in [0.15, 0.2) is 12.3 Å². The molecule has 0 atom stereocenters. The number of halogens is 2. The van der Waals surface area contributed by atoms with Crippen molar-refractivity contribution in [1.29, 1.82) is 0 Å². The van der Waals surface area contributed by atoms with E-state index in [1.54, 1.807) is 0 Å². The Morgan fingerprint density at radius 3 is 2.67 bits per heavy atom. The zero-order valence-electron chi connectivity index (χ0n) is 8.75. The number of pyridine rings is 1. The molecule has 0 aliphatic rings. The van der Waals surface area contributed by atoms with E-state index < -0.39 is 5.92 Å². The molecule has 0 aromatic carbocycles. The molecule has 0 radical (unpaired) electrons. The second-order valence-electron chi connectivity index (χ2n) is 3.66. The standard InChI is InChI=1S/C10H11F2N3/c1-6-14-7-4-9(10(2,11)12)13-5-8(7)15(6)3/h4-5H,1-3H3. The second-order valence-corrected chi connectivity index (χ2v) is 3.66. The smallest absolute Gasteiger partial charge is 0.287 e. The zero-order valence-corrected chi connectivity index (χ0v) is 8.75. The Bertz CT molecular complexity index is 511. The highest BCUT2D eigenvalue weighted by Gasteiger charge is 2.26. The van der Waals surface area contributed by atoms with Crippen LogP contribution in [0, 0.1) is 6.92 Å². The number of hydrogen-bond donors (Lipinski definition) is 0. The second kappa shape index (κ2) is 2.98. The van der Waals surface area contributed by atoms with Gasteiger partial charge in [-0.05, 0) is 13.0 Å². The molecule has 2 heterocycles. The van der Waals surface area contributed by atoms with Gasteiger partial charge in [-0.25, -0.2) is 4.98 Å². The minimum atomic E-state index is -2.92. The van der Waals surface area contributed by atoms with Gasteiger partial charge in [0.1, 0.15) is 11.5 Å². The van der Waals surface area contributed by atoms with Crippen molar-refractivity contribution >= 4 is 11.0 Å². The van der Waals surface area contributed by atoms with E-state index in [4.69, 9.17) is 0 Å². The average Bonchev–Trinajstić information content (AvgIpc) is 2.41. The van der Waals surface area contributed by atoms with Crippen LogP contribution in [0.4, 0.5) is 8.78 Å². The van der Waals surface area contributed by atoms with Crippen molar-refractivity contribution in [2.24, 2.45) is 7.05 Å². The third kappa shape index (κ3) is 1.58. The van der Waals surface area contributed by atoms with Crippen molar-refractivity contribution in [3.05, 3.63) is 23.8 Å². The summed E-state index contributed by atoms with van der Waals surface area (Å²) in [5, 5.41) is 0. The third-order valence-corrected chi connectivity index (χ3v) is 2.44. The number of fused-ring (bicyclic) bond motifs is 1. The molecule has 5 heteroatoms. The van der Waals surface area contributed by atoms with E-state index in [0.29, 0.717) is 5.52 Å². The molecule has 0 unspecified atom stereocenters. The third-order valence-electron chi connectivity index (χ3n) is 2.44. The molecule has 0 amide bonds. The molecule has 0 aliphatic carbocycles. The van der Waals surface area contributed by atoms with E-state index >= 15 is 0 Å². The van der Waals surface area contributed by atoms with Gasteiger partial charge in [0, 0.05) is 14.0 Å². The van der Waals surface area contributed by atoms with Gasteiger partial charge in [0.15, 0.2) is 0 Å². The summed E-state index contributed by atoms with van der Waals surface area (Å²) in [4.78, 5) is 7.92. The van der Waals surface area contributed by atoms with Crippen LogP contribution in [0.3, 0.4) is 0 Å². The monoisotopic (exact) mass is 211 g/mol. The van der Waals surface area contributed by atoms with E-state index in [1.807, 2.05) is 18.5 Å². The summed E-state index contributed by atoms with van der Waals surface area (Å²) < 4.78 is 27.8. The molecule has 0 N–H and O–H groups in total. The number of rotatable bonds is 1. The first-order valence-electron chi connectivity index (χ1n) is 4.57. The summed E-state index contributed by atoms with van der Waals surface area (Å²) in [6.45, 7) is 2.65. The van der Waals surface area contributed by atoms with E-state index in [2.05, 4.69) is 9.97 Å². The zero-order chi connectivity index (χ0) is 11.2. The Morgan fingerprint density at radius 2 is 2.07 bits per heavy atom. The largest absolute Gasteiger partial charge is 0.330 e. The molecule has 0 saturated heterocycles. The minimum Gasteiger partial charge on any atom is -0.330 e. The first-order chi connectivity index (χ1) is 6.89. The molecule has 2 rings (SSSR count). The predicted octanol–water partition coefficient (Wildman–Crippen LogP) is 2.39. The van der Waals surface area contributed by atoms with Gasteiger partial charge in [-0.2, -0.15) is 8.78 Å². The normalized spacial score (nSPS) is 12.3. The first-order valence-corrected chi connectivity index (χ1v) is 4.57. The molecule has 0 fully saturated rings. The van der Waals surface area contributed by atoms with Crippen LogP contribution < -0.4 is 0 Å². The summed E-state index contributed by atoms with van der Waals surface area (Å²) in [5.74, 6) is -2.14. The molecule has 2 aromatic heterocycles. The predicted molar refractivity (Wildman–Crippen MR) is 52.8 cm³/mol. The summed E-state index contributed by atoms with van der Waals surface area (Å²) in [6, 6.07) is 1.34. The van der Waals surface area contributed by atoms with E-state index in [0.717, 1.165) is 18.3 Å². The lowest BCUT2D eigenvalue weighted by molar-refractivity contribution is 0.0129. The number of aromatic nitrogens is 3. The van der Waals surface area contributed by atoms with Crippen molar-refractivity contribution in [3.8, 4) is 0 Å². The Labute approximate surface area is 85.8 Å². The number of hydrogen-bond acceptors (Lipinski definition) is 2. The topological polar surface area (TPSA) is 30.7 Å². The van der Waals surface area contributed by atoms with Gasteiger partial charge < -0.3 is 4.57 Å². The van der Waals surface area contributed by atoms with E-state index in [-0.39, 0.29) is 5.69 Å². The van der Waals surface area contributed by atoms with Gasteiger partial charge in [0.2, 0.25) is 0 Å². The van der Waals surface area contributed by atoms with Crippen molar-refractivity contribution in [3.63, 3.8) is 0 Å². The molecule has 0 aliphatic heterocycles. The number of nitrogens with zero attached hydrogens (tertiary/aromatic N) is 3. The summed E-state index contributed by atoms with van der Waals surface area (Å²) in [6.07, 6.45) is 1.43. The maximum atomic E-state index is 13.0. The van der Waals surface area contributed by atoms with E-state index in [1.165, 1.54) is 12.3 Å². The molecule has 0 spiro atoms. The number of alkyl halides is 2. The molecule has 0 bridgehead atoms. The molecule has 80 valence electrons. The highest BCUT2D eigenvalue weighted by molar-refractivity contribution is 5.75. The Balaban J connectivity index is 2.67. The quantitative estimate of drug-likeness (QED) is 0.725. The van der Waals surface area contributed by atoms with Gasteiger partial charge in [-0.3, -0.25) is 4.98 Å². The fraction of sp³-hybridized carbons (Fsp3) is 0.400. The molecule has 2 aromatic rings. The summed E-state index contributed by atoms with van der Waals surface area (Å²) >= 11 is 0. The van der Waals surface area contributed by atoms with Crippen LogP contribution >= 0.6 is 0 Å². The van der Waals surface area contributed by atoms with Crippen LogP contribution in [0.2, 0.25) is 0 Å². The van der Waals surface area contributed by atoms with Crippen LogP contribution in [0.25, 0.3) is 11.0 Å². The highest BCUT2D eigenvalue weighted by Crippen LogP contribution is 2.27. The summed E-state index contributed by atoms with van der Waals surface area (Å²) in [7, 11) is 1.83. The molecule has 0 saturated carbocycles. The van der Waals surface area contributed by atoms with Gasteiger partial charge in [-0.1, -0.05) is 0 Å². The number of aryl methyl sites for hydroxylation is 2. The highest BCUT2D eigenvalue weighted by atomic mass is 19.3. The van der Waals surface area contributed by atoms with Crippen molar-refractivity contribution in [2.75, 3.05) is 0 Å². The average molecular weight is 211 g/mol. The van der Waals surface area contributed by atoms with Crippen molar-refractivity contribution in [2.45, 2.75) is 19.8 Å². The fourth-order valence-electron chi connectivity index (χ4n) is 1.45. The molecule has 3 nitrogen and oxygen atoms in total. The van der Waals surface area contributed by atoms with Gasteiger partial charge in [0.05, 0.1) is 17.2 Å². The van der Waals surface area contributed by atoms with Crippen LogP contribution in [-0.2, 0) is 13.0 Å². The Morgan fingerprint density at radius 1 is 1.40 bits per heavy atom. The maximum Gasteiger partial charge on any atom is 0.287 e. The first kappa shape index (κ1) is 10.0. The molecular formula is C10H11F2N3. The minimum absolute atomic E-state index is 0.242. The van der Waals surface area contributed by atoms with Crippen LogP contribution in [0.5, 0.6) is 0 Å². The van der Waals surface area contributed by atoms with Gasteiger partial charge in [0.25, 0.3) is 5.92 Å². The van der Waals surface area contributed by atoms with Gasteiger partial charge in [-0.15, -0.1) is 0 Å². The maximum absolute atomic E-state index is 13.0. The lowest BCUT2D eigenvalue weighted by atomic mass is 10.2. The van der Waals surface area contributed by atoms with Crippen molar-refractivity contribution < 1.29 is 8.78 Å². The lowest BCUT2D eigenvalue weighted by Crippen LogP contribution is -2.09. The lowest BCUT2D eigenvalue weighted by Gasteiger charge is -2.08. The van der Waals surface area contributed by atoms with E-state index in [9.17, 15) is 8.78 Å². The molecule has 15 heavy (non-hydrogen) atoms. The van der Waals surface area contributed by atoms with Crippen LogP contribution in [-0.4, -0.2) is 14.5 Å². The Hall–Kier alpha value is -1.52. The fourth-order valence-corrected chi connectivity index (χ4v) is 1.45. The molecular weight excluding hydrogens is 200 g/mol. The van der Waals surface area contributed by atoms with Crippen molar-refractivity contribution in [1.82, 2.24) is 14.5 Å². The SMILES string of the molecule is Cc1nc2cc(C(C)(F)F)ncc2n1C. The van der Waals surface area contributed by atoms with Gasteiger partial charge >= 0.3 is 0 Å². The van der Waals surface area contributed by atoms with Crippen LogP contribution in [0.1, 0.15) is 18.4 Å². The summed E-state index contributed by atoms with van der Waals surface area (Å²) in [5.41, 5.74) is 1.08. The Kier molecular flexibility index (Phi) is 1.99.